The van der Waals surface area contributed by atoms with Gasteiger partial charge in [0.25, 0.3) is 0 Å². The Balaban J connectivity index is 1.11. The van der Waals surface area contributed by atoms with E-state index in [0.717, 1.165) is 32.2 Å². The monoisotopic (exact) mass is 1670 g/mol. The summed E-state index contributed by atoms with van der Waals surface area (Å²) >= 11 is 2.22. The molecule has 32 nitrogen and oxygen atoms in total. The lowest BCUT2D eigenvalue weighted by Gasteiger charge is -2.26. The third kappa shape index (κ3) is 41.3. The Bertz CT molecular complexity index is 3590. The number of carboxylic acids is 5. The maximum absolute atomic E-state index is 13.7. The van der Waals surface area contributed by atoms with Crippen LogP contribution in [0.15, 0.2) is 72.8 Å². The Labute approximate surface area is 653 Å². The number of hydrogen-bond donors (Lipinski definition) is 12. The Morgan fingerprint density at radius 3 is 1.68 bits per heavy atom. The molecule has 110 heavy (non-hydrogen) atoms. The summed E-state index contributed by atoms with van der Waals surface area (Å²) in [6.45, 7) is 1.98. The molecule has 0 spiro atoms. The molecule has 1 heterocycles. The number of carbonyl (C=O) groups excluding carboxylic acids is 8. The number of fused-ring (bicyclic) bond motifs is 2. The van der Waals surface area contributed by atoms with Gasteiger partial charge in [-0.2, -0.15) is 0 Å². The average molecular weight is 1670 g/mol. The highest BCUT2D eigenvalue weighted by Crippen LogP contribution is 2.45. The first kappa shape index (κ1) is 93.6. The summed E-state index contributed by atoms with van der Waals surface area (Å²) in [7, 11) is -4.49. The maximum Gasteiger partial charge on any atom is 0.328 e. The number of halogens is 1. The Kier molecular flexibility index (Phi) is 46.0. The van der Waals surface area contributed by atoms with E-state index >= 15 is 0 Å². The van der Waals surface area contributed by atoms with E-state index in [-0.39, 0.29) is 173 Å². The van der Waals surface area contributed by atoms with Gasteiger partial charge in [-0.15, -0.1) is 0 Å². The number of unbranched alkanes of at least 4 members (excludes halogenated alkanes) is 3. The van der Waals surface area contributed by atoms with Crippen LogP contribution in [-0.4, -0.2) is 211 Å². The topological polar surface area (TPSA) is 482 Å². The van der Waals surface area contributed by atoms with Crippen molar-refractivity contribution in [2.75, 3.05) is 96.7 Å². The van der Waals surface area contributed by atoms with Crippen LogP contribution < -0.4 is 36.8 Å². The third-order valence-corrected chi connectivity index (χ3v) is 19.7. The van der Waals surface area contributed by atoms with Gasteiger partial charge in [-0.25, -0.2) is 4.79 Å². The summed E-state index contributed by atoms with van der Waals surface area (Å²) in [4.78, 5) is 174. The summed E-state index contributed by atoms with van der Waals surface area (Å²) in [5.41, 5.74) is 4.30. The number of amides is 7. The molecule has 0 fully saturated rings. The van der Waals surface area contributed by atoms with Crippen molar-refractivity contribution in [2.45, 2.75) is 166 Å². The fourth-order valence-electron chi connectivity index (χ4n) is 11.3. The Morgan fingerprint density at radius 1 is 0.455 bits per heavy atom. The minimum Gasteiger partial charge on any atom is -0.481 e. The van der Waals surface area contributed by atoms with Gasteiger partial charge >= 0.3 is 37.4 Å². The first-order valence-corrected chi connectivity index (χ1v) is 39.9. The van der Waals surface area contributed by atoms with Crippen LogP contribution in [0, 0.1) is 33.2 Å². The van der Waals surface area contributed by atoms with Gasteiger partial charge in [0, 0.05) is 98.7 Å². The molecule has 1 aliphatic rings. The van der Waals surface area contributed by atoms with E-state index in [4.69, 9.17) is 28.6 Å². The molecule has 606 valence electrons. The number of anilines is 1. The number of Topliss-reactive ketones (excluding diaryl/α,β-unsaturated/α-hetero) is 1. The first-order chi connectivity index (χ1) is 52.7. The lowest BCUT2D eigenvalue weighted by atomic mass is 9.95. The number of carboxylic acid groups (broad SMARTS) is 5. The van der Waals surface area contributed by atoms with E-state index in [1.165, 1.54) is 0 Å². The van der Waals surface area contributed by atoms with E-state index in [2.05, 4.69) is 66.3 Å². The first-order valence-electron chi connectivity index (χ1n) is 37.0. The van der Waals surface area contributed by atoms with E-state index < -0.39 is 123 Å². The fourth-order valence-corrected chi connectivity index (χ4v) is 13.1. The lowest BCUT2D eigenvalue weighted by Crippen LogP contribution is -2.52. The zero-order valence-electron chi connectivity index (χ0n) is 61.9. The van der Waals surface area contributed by atoms with Crippen LogP contribution in [0.1, 0.15) is 164 Å². The number of nitrogens with zero attached hydrogens (tertiary/aromatic N) is 1. The number of hydrogen-bond acceptors (Lipinski definition) is 19. The van der Waals surface area contributed by atoms with Gasteiger partial charge in [0.15, 0.2) is 0 Å². The molecule has 6 atom stereocenters. The number of ketones is 1. The third-order valence-electron chi connectivity index (χ3n) is 17.5. The predicted octanol–water partition coefficient (Wildman–Crippen LogP) is 5.91. The smallest absolute Gasteiger partial charge is 0.328 e. The zero-order valence-corrected chi connectivity index (χ0v) is 64.9. The molecule has 0 radical (unpaired) electrons. The Hall–Kier alpha value is -8.75. The molecule has 0 aromatic heterocycles. The van der Waals surface area contributed by atoms with Crippen LogP contribution >= 0.6 is 30.2 Å². The molecule has 12 N–H and O–H groups in total. The molecule has 4 rings (SSSR count). The molecule has 0 saturated carbocycles. The number of rotatable bonds is 61. The maximum atomic E-state index is 13.7. The number of aliphatic carboxylic acids is 5. The van der Waals surface area contributed by atoms with Crippen molar-refractivity contribution < 1.29 is 121 Å². The van der Waals surface area contributed by atoms with Crippen LogP contribution in [0.25, 0.3) is 0 Å². The standard InChI is InChI=1S/C76H105IN7O25P/c77-60-28-23-53(24-29-60)13-10-22-65(86)78-37-9-7-20-63(76(101)102)83-72(94)62(82-68(89)35-41-105-43-45-107-47-48-108-46-44-106-42-39-81-67(88)32-33-70(91)84-51-58-16-4-3-14-54(58)25-26-55-15-5-6-21-64(55)84)30-31-66(87)79-36-8-1-2-19-61(85)49-56(73(95)96)17-11-38-80-69(90)50-57(74(97)98)18-12-40-109-110(103,104)52-59(75(99)100)27-34-71(92)93/h3-6,14-16,21,23-24,28-29,56-57,59,62-63H,1-2,7-13,17-20,22,27,30-52H2,(H,78,86)(H,79,87)(H,80,90)(H,81,88)(H,82,89)(H,83,94)(H,92,93)(H,95,96)(H,97,98)(H,99,100)(H,101,102)(H,103,104)/t56-,57-,59?,62?,63?/m1/s1. The second-order valence-corrected chi connectivity index (χ2v) is 29.4. The minimum absolute atomic E-state index is 0.00135. The lowest BCUT2D eigenvalue weighted by molar-refractivity contribution is -0.145. The number of ether oxygens (including phenoxy) is 4. The van der Waals surface area contributed by atoms with Gasteiger partial charge in [0.1, 0.15) is 17.9 Å². The number of para-hydroxylation sites is 1. The summed E-state index contributed by atoms with van der Waals surface area (Å²) in [6, 6.07) is 20.4. The Morgan fingerprint density at radius 2 is 1.02 bits per heavy atom. The molecule has 0 bridgehead atoms. The van der Waals surface area contributed by atoms with E-state index in [0.29, 0.717) is 63.7 Å². The van der Waals surface area contributed by atoms with Gasteiger partial charge in [0.2, 0.25) is 41.4 Å². The van der Waals surface area contributed by atoms with Crippen LogP contribution in [-0.2, 0) is 103 Å². The number of aryl methyl sites for hydroxylation is 1. The van der Waals surface area contributed by atoms with Crippen molar-refractivity contribution in [1.29, 1.82) is 0 Å². The summed E-state index contributed by atoms with van der Waals surface area (Å²) in [5.74, 6) is -7.64. The van der Waals surface area contributed by atoms with E-state index in [9.17, 15) is 92.2 Å². The zero-order chi connectivity index (χ0) is 80.5. The van der Waals surface area contributed by atoms with Crippen molar-refractivity contribution >= 4 is 113 Å². The van der Waals surface area contributed by atoms with Gasteiger partial charge in [-0.1, -0.05) is 60.7 Å². The molecule has 3 aromatic rings. The van der Waals surface area contributed by atoms with Crippen molar-refractivity contribution in [3.05, 3.63) is 98.6 Å². The summed E-state index contributed by atoms with van der Waals surface area (Å²) in [6.07, 6.45) is 0.385. The van der Waals surface area contributed by atoms with E-state index in [1.54, 1.807) is 4.90 Å². The van der Waals surface area contributed by atoms with Crippen LogP contribution in [0.3, 0.4) is 0 Å². The molecule has 0 aliphatic carbocycles. The minimum atomic E-state index is -4.49. The number of nitrogens with one attached hydrogen (secondary N) is 6. The molecular formula is C76H105IN7O25P. The highest BCUT2D eigenvalue weighted by molar-refractivity contribution is 14.1. The second kappa shape index (κ2) is 54.0. The molecule has 1 aliphatic heterocycles. The summed E-state index contributed by atoms with van der Waals surface area (Å²) < 4.78 is 40.7. The molecule has 0 saturated heterocycles. The van der Waals surface area contributed by atoms with Crippen molar-refractivity contribution in [3.63, 3.8) is 0 Å². The van der Waals surface area contributed by atoms with Crippen molar-refractivity contribution in [2.24, 2.45) is 17.8 Å². The molecule has 34 heteroatoms. The van der Waals surface area contributed by atoms with Crippen molar-refractivity contribution in [3.8, 4) is 11.8 Å². The predicted molar refractivity (Wildman–Crippen MR) is 408 cm³/mol. The van der Waals surface area contributed by atoms with Crippen LogP contribution in [0.5, 0.6) is 0 Å². The number of carbonyl (C=O) groups is 13. The van der Waals surface area contributed by atoms with Crippen LogP contribution in [0.4, 0.5) is 5.69 Å². The highest BCUT2D eigenvalue weighted by atomic mass is 127. The molecule has 4 unspecified atom stereocenters. The SMILES string of the molecule is O=C(O)CCC(CP(=O)(O)OCCC[C@H](CC(=O)NCCC[C@H](CC(=O)CCCCCNC(=O)CCC(NC(=O)CCOCCOCCOCCOCCNC(=O)CCC(=O)N1Cc2ccccc2C#Cc2ccccc21)C(=O)NC(CCCCNC(=O)CCCc1ccc(I)cc1)C(=O)O)C(=O)O)C(=O)O)C(=O)O. The fraction of sp³-hybridized carbons (Fsp3) is 0.566. The van der Waals surface area contributed by atoms with E-state index in [1.807, 2.05) is 72.8 Å². The van der Waals surface area contributed by atoms with Gasteiger partial charge in [0.05, 0.1) is 95.6 Å². The van der Waals surface area contributed by atoms with Gasteiger partial charge in [-0.05, 0) is 148 Å². The van der Waals surface area contributed by atoms with Crippen molar-refractivity contribution in [1.82, 2.24) is 31.9 Å². The van der Waals surface area contributed by atoms with Gasteiger partial charge < -0.3 is 90.7 Å². The quantitative estimate of drug-likeness (QED) is 0.0135. The summed E-state index contributed by atoms with van der Waals surface area (Å²) in [5, 5.41) is 63.6. The molecule has 7 amide bonds. The largest absolute Gasteiger partial charge is 0.481 e. The normalized spacial score (nSPS) is 13.4. The van der Waals surface area contributed by atoms with Crippen LogP contribution in [0.2, 0.25) is 0 Å². The molecular weight excluding hydrogens is 1570 g/mol. The highest BCUT2D eigenvalue weighted by Gasteiger charge is 2.32. The second-order valence-electron chi connectivity index (χ2n) is 26.3. The molecule has 3 aromatic carbocycles. The van der Waals surface area contributed by atoms with Gasteiger partial charge in [-0.3, -0.25) is 62.1 Å². The average Bonchev–Trinajstić information content (AvgIpc) is 0.802. The number of benzene rings is 3.